The molecule has 0 spiro atoms. The number of carbonyl (C=O) groups is 2. The monoisotopic (exact) mass is 306 g/mol. The number of methoxy groups -OCH3 is 1. The van der Waals surface area contributed by atoms with E-state index in [1.807, 2.05) is 6.92 Å². The van der Waals surface area contributed by atoms with Crippen molar-refractivity contribution < 1.29 is 19.4 Å². The van der Waals surface area contributed by atoms with Gasteiger partial charge in [0.05, 0.1) is 12.7 Å². The van der Waals surface area contributed by atoms with Crippen LogP contribution in [0.15, 0.2) is 29.6 Å². The SMILES string of the molecule is COc1ccc(NC(=O)Nc2sccc2C(=O)O)cc1C. The zero-order valence-electron chi connectivity index (χ0n) is 11.5. The van der Waals surface area contributed by atoms with E-state index in [9.17, 15) is 9.59 Å². The number of ether oxygens (including phenoxy) is 1. The Kier molecular flexibility index (Phi) is 4.44. The summed E-state index contributed by atoms with van der Waals surface area (Å²) in [4.78, 5) is 22.8. The van der Waals surface area contributed by atoms with Gasteiger partial charge in [-0.15, -0.1) is 11.3 Å². The van der Waals surface area contributed by atoms with Crippen molar-refractivity contribution in [1.29, 1.82) is 0 Å². The van der Waals surface area contributed by atoms with Crippen LogP contribution in [-0.4, -0.2) is 24.2 Å². The lowest BCUT2D eigenvalue weighted by atomic mass is 10.2. The molecule has 0 radical (unpaired) electrons. The van der Waals surface area contributed by atoms with Crippen LogP contribution in [0.25, 0.3) is 0 Å². The summed E-state index contributed by atoms with van der Waals surface area (Å²) in [5.41, 5.74) is 1.55. The van der Waals surface area contributed by atoms with Crippen LogP contribution in [-0.2, 0) is 0 Å². The lowest BCUT2D eigenvalue weighted by Crippen LogP contribution is -2.20. The first kappa shape index (κ1) is 14.9. The van der Waals surface area contributed by atoms with E-state index in [2.05, 4.69) is 10.6 Å². The topological polar surface area (TPSA) is 87.7 Å². The van der Waals surface area contributed by atoms with E-state index < -0.39 is 12.0 Å². The Morgan fingerprint density at radius 1 is 1.24 bits per heavy atom. The number of carboxylic acid groups (broad SMARTS) is 1. The zero-order valence-corrected chi connectivity index (χ0v) is 12.3. The zero-order chi connectivity index (χ0) is 15.4. The van der Waals surface area contributed by atoms with Crippen molar-refractivity contribution in [1.82, 2.24) is 0 Å². The molecule has 3 N–H and O–H groups in total. The van der Waals surface area contributed by atoms with Crippen molar-refractivity contribution in [2.24, 2.45) is 0 Å². The number of rotatable bonds is 4. The molecule has 0 saturated heterocycles. The molecule has 0 bridgehead atoms. The number of urea groups is 1. The minimum absolute atomic E-state index is 0.0704. The van der Waals surface area contributed by atoms with Gasteiger partial charge in [0.25, 0.3) is 0 Å². The van der Waals surface area contributed by atoms with Crippen molar-refractivity contribution >= 4 is 34.0 Å². The summed E-state index contributed by atoms with van der Waals surface area (Å²) in [6.07, 6.45) is 0. The molecule has 0 unspecified atom stereocenters. The maximum Gasteiger partial charge on any atom is 0.338 e. The highest BCUT2D eigenvalue weighted by atomic mass is 32.1. The molecular weight excluding hydrogens is 292 g/mol. The molecule has 1 heterocycles. The van der Waals surface area contributed by atoms with Gasteiger partial charge in [0.15, 0.2) is 0 Å². The van der Waals surface area contributed by atoms with Gasteiger partial charge in [-0.05, 0) is 42.1 Å². The summed E-state index contributed by atoms with van der Waals surface area (Å²) in [5.74, 6) is -0.348. The maximum absolute atomic E-state index is 11.9. The predicted octanol–water partition coefficient (Wildman–Crippen LogP) is 3.41. The average Bonchev–Trinajstić information content (AvgIpc) is 2.87. The second kappa shape index (κ2) is 6.27. The molecule has 7 heteroatoms. The molecule has 1 aromatic heterocycles. The van der Waals surface area contributed by atoms with Crippen LogP contribution in [0.3, 0.4) is 0 Å². The van der Waals surface area contributed by atoms with E-state index in [0.717, 1.165) is 22.6 Å². The van der Waals surface area contributed by atoms with Gasteiger partial charge in [0, 0.05) is 5.69 Å². The molecule has 21 heavy (non-hydrogen) atoms. The fourth-order valence-corrected chi connectivity index (χ4v) is 2.57. The first-order chi connectivity index (χ1) is 10.0. The smallest absolute Gasteiger partial charge is 0.338 e. The average molecular weight is 306 g/mol. The number of carbonyl (C=O) groups excluding carboxylic acids is 1. The minimum atomic E-state index is -1.08. The number of amides is 2. The third-order valence-corrected chi connectivity index (χ3v) is 3.61. The number of nitrogens with one attached hydrogen (secondary N) is 2. The number of aryl methyl sites for hydroxylation is 1. The molecule has 2 amide bonds. The molecule has 0 saturated carbocycles. The number of hydrogen-bond donors (Lipinski definition) is 3. The van der Waals surface area contributed by atoms with Crippen LogP contribution < -0.4 is 15.4 Å². The number of hydrogen-bond acceptors (Lipinski definition) is 4. The molecule has 0 aliphatic rings. The van der Waals surface area contributed by atoms with E-state index in [0.29, 0.717) is 10.7 Å². The van der Waals surface area contributed by atoms with Crippen molar-refractivity contribution in [2.45, 2.75) is 6.92 Å². The molecule has 0 fully saturated rings. The largest absolute Gasteiger partial charge is 0.496 e. The van der Waals surface area contributed by atoms with Crippen LogP contribution in [0.1, 0.15) is 15.9 Å². The minimum Gasteiger partial charge on any atom is -0.496 e. The Bertz CT molecular complexity index is 681. The fraction of sp³-hybridized carbons (Fsp3) is 0.143. The van der Waals surface area contributed by atoms with Crippen molar-refractivity contribution in [2.75, 3.05) is 17.7 Å². The first-order valence-electron chi connectivity index (χ1n) is 6.04. The second-order valence-corrected chi connectivity index (χ2v) is 5.15. The molecule has 6 nitrogen and oxygen atoms in total. The van der Waals surface area contributed by atoms with E-state index in [1.54, 1.807) is 30.7 Å². The highest BCUT2D eigenvalue weighted by Crippen LogP contribution is 2.24. The van der Waals surface area contributed by atoms with Crippen molar-refractivity contribution in [3.63, 3.8) is 0 Å². The summed E-state index contributed by atoms with van der Waals surface area (Å²) in [7, 11) is 1.58. The lowest BCUT2D eigenvalue weighted by Gasteiger charge is -2.09. The third kappa shape index (κ3) is 3.51. The standard InChI is InChI=1S/C14H14N2O4S/c1-8-7-9(3-4-11(8)20-2)15-14(19)16-12-10(13(17)18)5-6-21-12/h3-7H,1-2H3,(H,17,18)(H2,15,16,19). The molecule has 1 aromatic carbocycles. The summed E-state index contributed by atoms with van der Waals surface area (Å²) < 4.78 is 5.14. The molecule has 2 rings (SSSR count). The number of benzene rings is 1. The Morgan fingerprint density at radius 2 is 2.00 bits per heavy atom. The third-order valence-electron chi connectivity index (χ3n) is 2.78. The van der Waals surface area contributed by atoms with Gasteiger partial charge in [-0.25, -0.2) is 9.59 Å². The van der Waals surface area contributed by atoms with Crippen LogP contribution >= 0.6 is 11.3 Å². The summed E-state index contributed by atoms with van der Waals surface area (Å²) >= 11 is 1.15. The number of carboxylic acids is 1. The van der Waals surface area contributed by atoms with Crippen LogP contribution in [0.5, 0.6) is 5.75 Å². The number of aromatic carboxylic acids is 1. The summed E-state index contributed by atoms with van der Waals surface area (Å²) in [6.45, 7) is 1.86. The van der Waals surface area contributed by atoms with Gasteiger partial charge >= 0.3 is 12.0 Å². The molecule has 0 aliphatic carbocycles. The Hall–Kier alpha value is -2.54. The Morgan fingerprint density at radius 3 is 2.62 bits per heavy atom. The van der Waals surface area contributed by atoms with E-state index in [1.165, 1.54) is 6.07 Å². The number of thiophene rings is 1. The summed E-state index contributed by atoms with van der Waals surface area (Å²) in [6, 6.07) is 6.17. The fourth-order valence-electron chi connectivity index (χ4n) is 1.80. The Labute approximate surface area is 125 Å². The van der Waals surface area contributed by atoms with Crippen LogP contribution in [0, 0.1) is 6.92 Å². The normalized spacial score (nSPS) is 10.0. The maximum atomic E-state index is 11.9. The lowest BCUT2D eigenvalue weighted by molar-refractivity contribution is 0.0698. The van der Waals surface area contributed by atoms with Gasteiger partial charge in [-0.2, -0.15) is 0 Å². The molecule has 110 valence electrons. The van der Waals surface area contributed by atoms with Crippen molar-refractivity contribution in [3.05, 3.63) is 40.8 Å². The Balaban J connectivity index is 2.06. The van der Waals surface area contributed by atoms with Crippen molar-refractivity contribution in [3.8, 4) is 5.75 Å². The highest BCUT2D eigenvalue weighted by molar-refractivity contribution is 7.14. The van der Waals surface area contributed by atoms with Gasteiger partial charge in [-0.3, -0.25) is 5.32 Å². The van der Waals surface area contributed by atoms with Gasteiger partial charge in [0.1, 0.15) is 10.8 Å². The second-order valence-electron chi connectivity index (χ2n) is 4.23. The molecular formula is C14H14N2O4S. The van der Waals surface area contributed by atoms with Gasteiger partial charge in [0.2, 0.25) is 0 Å². The number of anilines is 2. The quantitative estimate of drug-likeness (QED) is 0.807. The summed E-state index contributed by atoms with van der Waals surface area (Å²) in [5, 5.41) is 16.0. The van der Waals surface area contributed by atoms with Crippen LogP contribution in [0.4, 0.5) is 15.5 Å². The molecule has 0 aliphatic heterocycles. The van der Waals surface area contributed by atoms with Gasteiger partial charge in [-0.1, -0.05) is 0 Å². The highest BCUT2D eigenvalue weighted by Gasteiger charge is 2.14. The van der Waals surface area contributed by atoms with E-state index in [-0.39, 0.29) is 5.56 Å². The molecule has 0 atom stereocenters. The van der Waals surface area contributed by atoms with Gasteiger partial charge < -0.3 is 15.2 Å². The first-order valence-corrected chi connectivity index (χ1v) is 6.92. The van der Waals surface area contributed by atoms with E-state index in [4.69, 9.17) is 9.84 Å². The molecule has 2 aromatic rings. The van der Waals surface area contributed by atoms with E-state index >= 15 is 0 Å². The predicted molar refractivity (Wildman–Crippen MR) is 81.7 cm³/mol. The van der Waals surface area contributed by atoms with Crippen LogP contribution in [0.2, 0.25) is 0 Å².